The number of carboxylic acid groups (broad SMARTS) is 1. The van der Waals surface area contributed by atoms with Gasteiger partial charge in [0.15, 0.2) is 0 Å². The average molecular weight is 253 g/mol. The molecule has 1 amide bonds. The summed E-state index contributed by atoms with van der Waals surface area (Å²) in [7, 11) is 0. The van der Waals surface area contributed by atoms with E-state index in [1.807, 2.05) is 0 Å². The fraction of sp³-hybridized carbons (Fsp3) is 0.455. The minimum absolute atomic E-state index is 0.0914. The Morgan fingerprint density at radius 2 is 2.22 bits per heavy atom. The fourth-order valence-corrected chi connectivity index (χ4v) is 1.62. The first-order chi connectivity index (χ1) is 8.45. The summed E-state index contributed by atoms with van der Waals surface area (Å²) in [4.78, 5) is 41.0. The van der Waals surface area contributed by atoms with Gasteiger partial charge in [-0.05, 0) is 13.8 Å². The summed E-state index contributed by atoms with van der Waals surface area (Å²) >= 11 is 0. The molecule has 0 aliphatic rings. The minimum Gasteiger partial charge on any atom is -0.481 e. The smallest absolute Gasteiger partial charge is 0.305 e. The molecule has 0 aromatic carbocycles. The van der Waals surface area contributed by atoms with Gasteiger partial charge >= 0.3 is 5.97 Å². The molecule has 2 N–H and O–H groups in total. The number of carbonyl (C=O) groups is 2. The van der Waals surface area contributed by atoms with E-state index in [1.54, 1.807) is 13.8 Å². The normalized spacial score (nSPS) is 11.9. The molecule has 18 heavy (non-hydrogen) atoms. The van der Waals surface area contributed by atoms with Gasteiger partial charge in [-0.1, -0.05) is 0 Å². The van der Waals surface area contributed by atoms with Crippen LogP contribution >= 0.6 is 0 Å². The number of hydrogen-bond donors (Lipinski definition) is 2. The summed E-state index contributed by atoms with van der Waals surface area (Å²) in [5.41, 5.74) is -0.304. The van der Waals surface area contributed by atoms with Crippen LogP contribution in [0.5, 0.6) is 0 Å². The van der Waals surface area contributed by atoms with Crippen LogP contribution in [0.15, 0.2) is 17.2 Å². The number of hydrogen-bond acceptors (Lipinski definition) is 4. The Balaban J connectivity index is 2.88. The van der Waals surface area contributed by atoms with Crippen LogP contribution in [-0.4, -0.2) is 44.4 Å². The van der Waals surface area contributed by atoms with Crippen molar-refractivity contribution in [3.8, 4) is 0 Å². The third-order valence-corrected chi connectivity index (χ3v) is 2.49. The summed E-state index contributed by atoms with van der Waals surface area (Å²) < 4.78 is 0. The summed E-state index contributed by atoms with van der Waals surface area (Å²) in [5, 5.41) is 8.72. The SMILES string of the molecule is CCN(C(=O)c1c[nH]c(=O)cn1)C(C)CC(=O)O. The average Bonchev–Trinajstić information content (AvgIpc) is 2.29. The predicted molar refractivity (Wildman–Crippen MR) is 63.3 cm³/mol. The molecule has 0 saturated heterocycles. The molecule has 0 bridgehead atoms. The van der Waals surface area contributed by atoms with Crippen molar-refractivity contribution in [1.29, 1.82) is 0 Å². The van der Waals surface area contributed by atoms with Gasteiger partial charge in [0.25, 0.3) is 11.5 Å². The Kier molecular flexibility index (Phi) is 4.59. The standard InChI is InChI=1S/C11H15N3O4/c1-3-14(7(2)4-10(16)17)11(18)8-5-13-9(15)6-12-8/h5-7H,3-4H2,1-2H3,(H,13,15)(H,16,17). The first kappa shape index (κ1) is 13.9. The maximum Gasteiger partial charge on any atom is 0.305 e. The van der Waals surface area contributed by atoms with Crippen LogP contribution in [0.1, 0.15) is 30.8 Å². The molecule has 0 fully saturated rings. The van der Waals surface area contributed by atoms with Gasteiger partial charge in [0, 0.05) is 18.8 Å². The summed E-state index contributed by atoms with van der Waals surface area (Å²) in [6.07, 6.45) is 2.10. The van der Waals surface area contributed by atoms with Crippen LogP contribution in [0.4, 0.5) is 0 Å². The van der Waals surface area contributed by atoms with Gasteiger partial charge in [0.1, 0.15) is 5.69 Å². The number of aliphatic carboxylic acids is 1. The number of carboxylic acids is 1. The lowest BCUT2D eigenvalue weighted by Crippen LogP contribution is -2.40. The van der Waals surface area contributed by atoms with E-state index in [0.29, 0.717) is 6.54 Å². The first-order valence-electron chi connectivity index (χ1n) is 5.53. The van der Waals surface area contributed by atoms with Gasteiger partial charge in [0.2, 0.25) is 0 Å². The third kappa shape index (κ3) is 3.41. The highest BCUT2D eigenvalue weighted by Gasteiger charge is 2.22. The van der Waals surface area contributed by atoms with Crippen molar-refractivity contribution < 1.29 is 14.7 Å². The Bertz CT molecular complexity index is 477. The monoisotopic (exact) mass is 253 g/mol. The highest BCUT2D eigenvalue weighted by molar-refractivity contribution is 5.92. The molecule has 0 spiro atoms. The van der Waals surface area contributed by atoms with Gasteiger partial charge in [-0.2, -0.15) is 0 Å². The number of aromatic nitrogens is 2. The Morgan fingerprint density at radius 1 is 1.56 bits per heavy atom. The van der Waals surface area contributed by atoms with Gasteiger partial charge < -0.3 is 15.0 Å². The largest absolute Gasteiger partial charge is 0.481 e. The van der Waals surface area contributed by atoms with Crippen LogP contribution < -0.4 is 5.56 Å². The molecule has 0 aliphatic heterocycles. The molecule has 98 valence electrons. The second-order valence-electron chi connectivity index (χ2n) is 3.83. The van der Waals surface area contributed by atoms with E-state index in [-0.39, 0.29) is 12.1 Å². The van der Waals surface area contributed by atoms with E-state index >= 15 is 0 Å². The number of nitrogens with zero attached hydrogens (tertiary/aromatic N) is 2. The topological polar surface area (TPSA) is 103 Å². The second kappa shape index (κ2) is 5.95. The highest BCUT2D eigenvalue weighted by atomic mass is 16.4. The number of rotatable bonds is 5. The number of aromatic amines is 1. The quantitative estimate of drug-likeness (QED) is 0.774. The predicted octanol–water partition coefficient (Wildman–Crippen LogP) is 0.0952. The Hall–Kier alpha value is -2.18. The maximum atomic E-state index is 12.1. The van der Waals surface area contributed by atoms with Crippen LogP contribution in [0.2, 0.25) is 0 Å². The third-order valence-electron chi connectivity index (χ3n) is 2.49. The van der Waals surface area contributed by atoms with Crippen molar-refractivity contribution in [2.45, 2.75) is 26.3 Å². The lowest BCUT2D eigenvalue weighted by molar-refractivity contribution is -0.138. The van der Waals surface area contributed by atoms with E-state index in [9.17, 15) is 14.4 Å². The molecule has 7 heteroatoms. The zero-order valence-electron chi connectivity index (χ0n) is 10.2. The summed E-state index contributed by atoms with van der Waals surface area (Å²) in [6, 6.07) is -0.436. The van der Waals surface area contributed by atoms with Crippen molar-refractivity contribution in [3.05, 3.63) is 28.4 Å². The molecule has 0 radical (unpaired) electrons. The van der Waals surface area contributed by atoms with Crippen molar-refractivity contribution >= 4 is 11.9 Å². The van der Waals surface area contributed by atoms with Crippen LogP contribution in [0, 0.1) is 0 Å². The van der Waals surface area contributed by atoms with E-state index in [2.05, 4.69) is 9.97 Å². The van der Waals surface area contributed by atoms with Gasteiger partial charge in [0.05, 0.1) is 12.6 Å². The number of nitrogens with one attached hydrogen (secondary N) is 1. The van der Waals surface area contributed by atoms with E-state index in [4.69, 9.17) is 5.11 Å². The second-order valence-corrected chi connectivity index (χ2v) is 3.83. The molecule has 7 nitrogen and oxygen atoms in total. The zero-order chi connectivity index (χ0) is 13.7. The fourth-order valence-electron chi connectivity index (χ4n) is 1.62. The molecular formula is C11H15N3O4. The van der Waals surface area contributed by atoms with Crippen molar-refractivity contribution in [2.24, 2.45) is 0 Å². The molecule has 1 unspecified atom stereocenters. The molecule has 1 aromatic rings. The van der Waals surface area contributed by atoms with Gasteiger partial charge in [-0.3, -0.25) is 14.4 Å². The molecule has 1 rings (SSSR count). The van der Waals surface area contributed by atoms with Crippen LogP contribution in [-0.2, 0) is 4.79 Å². The van der Waals surface area contributed by atoms with Crippen molar-refractivity contribution in [2.75, 3.05) is 6.54 Å². The lowest BCUT2D eigenvalue weighted by atomic mass is 10.2. The van der Waals surface area contributed by atoms with E-state index in [0.717, 1.165) is 6.20 Å². The maximum absolute atomic E-state index is 12.1. The highest BCUT2D eigenvalue weighted by Crippen LogP contribution is 2.08. The van der Waals surface area contributed by atoms with Crippen molar-refractivity contribution in [3.63, 3.8) is 0 Å². The molecule has 0 aliphatic carbocycles. The van der Waals surface area contributed by atoms with Crippen molar-refractivity contribution in [1.82, 2.24) is 14.9 Å². The minimum atomic E-state index is -0.969. The Labute approximate surface area is 103 Å². The zero-order valence-corrected chi connectivity index (χ0v) is 10.2. The molecule has 1 aromatic heterocycles. The van der Waals surface area contributed by atoms with Gasteiger partial charge in [-0.15, -0.1) is 0 Å². The summed E-state index contributed by atoms with van der Waals surface area (Å²) in [5.74, 6) is -1.37. The first-order valence-corrected chi connectivity index (χ1v) is 5.53. The molecular weight excluding hydrogens is 238 g/mol. The number of carbonyl (C=O) groups excluding carboxylic acids is 1. The van der Waals surface area contributed by atoms with E-state index in [1.165, 1.54) is 11.1 Å². The van der Waals surface area contributed by atoms with Crippen LogP contribution in [0.25, 0.3) is 0 Å². The molecule has 0 saturated carbocycles. The molecule has 1 heterocycles. The lowest BCUT2D eigenvalue weighted by Gasteiger charge is -2.26. The molecule has 1 atom stereocenters. The van der Waals surface area contributed by atoms with Gasteiger partial charge in [-0.25, -0.2) is 4.98 Å². The Morgan fingerprint density at radius 3 is 2.67 bits per heavy atom. The van der Waals surface area contributed by atoms with E-state index < -0.39 is 23.5 Å². The van der Waals surface area contributed by atoms with Crippen LogP contribution in [0.3, 0.4) is 0 Å². The summed E-state index contributed by atoms with van der Waals surface area (Å²) in [6.45, 7) is 3.78. The number of H-pyrrole nitrogens is 1. The number of amides is 1.